The Morgan fingerprint density at radius 3 is 2.67 bits per heavy atom. The van der Waals surface area contributed by atoms with E-state index in [-0.39, 0.29) is 11.9 Å². The number of benzene rings is 2. The summed E-state index contributed by atoms with van der Waals surface area (Å²) in [6.07, 6.45) is 0.396. The Hall–Kier alpha value is -1.61. The molecule has 0 fully saturated rings. The molecular formula is C15H11BrO2. The molecule has 0 N–H and O–H groups in total. The van der Waals surface area contributed by atoms with Crippen LogP contribution in [-0.2, 0) is 4.79 Å². The molecule has 0 bridgehead atoms. The molecular weight excluding hydrogens is 292 g/mol. The third-order valence-corrected chi connectivity index (χ3v) is 3.64. The molecule has 0 aliphatic carbocycles. The molecule has 0 aromatic heterocycles. The lowest BCUT2D eigenvalue weighted by Gasteiger charge is -2.25. The lowest BCUT2D eigenvalue weighted by atomic mass is 9.86. The number of rotatable bonds is 1. The van der Waals surface area contributed by atoms with Crippen LogP contribution in [-0.4, -0.2) is 5.97 Å². The van der Waals surface area contributed by atoms with Gasteiger partial charge in [0, 0.05) is 16.0 Å². The van der Waals surface area contributed by atoms with E-state index in [1.807, 2.05) is 48.5 Å². The van der Waals surface area contributed by atoms with E-state index in [4.69, 9.17) is 4.74 Å². The molecule has 1 heterocycles. The van der Waals surface area contributed by atoms with Gasteiger partial charge in [0.1, 0.15) is 5.75 Å². The molecule has 0 saturated carbocycles. The first kappa shape index (κ1) is 11.5. The maximum Gasteiger partial charge on any atom is 0.312 e. The van der Waals surface area contributed by atoms with Gasteiger partial charge in [0.2, 0.25) is 0 Å². The first-order valence-corrected chi connectivity index (χ1v) is 6.58. The molecule has 2 aromatic carbocycles. The van der Waals surface area contributed by atoms with Crippen LogP contribution in [0.25, 0.3) is 0 Å². The Kier molecular flexibility index (Phi) is 2.92. The molecule has 90 valence electrons. The Balaban J connectivity index is 2.12. The van der Waals surface area contributed by atoms with Gasteiger partial charge in [0.05, 0.1) is 6.42 Å². The largest absolute Gasteiger partial charge is 0.426 e. The number of fused-ring (bicyclic) bond motifs is 1. The summed E-state index contributed by atoms with van der Waals surface area (Å²) in [5, 5.41) is 0. The Bertz CT molecular complexity index is 593. The minimum atomic E-state index is -0.168. The number of esters is 1. The van der Waals surface area contributed by atoms with Crippen molar-refractivity contribution in [3.8, 4) is 5.75 Å². The number of hydrogen-bond donors (Lipinski definition) is 0. The molecule has 3 heteroatoms. The van der Waals surface area contributed by atoms with E-state index in [1.54, 1.807) is 0 Å². The van der Waals surface area contributed by atoms with Crippen molar-refractivity contribution in [2.24, 2.45) is 0 Å². The van der Waals surface area contributed by atoms with Crippen LogP contribution < -0.4 is 4.74 Å². The maximum absolute atomic E-state index is 11.7. The molecule has 1 atom stereocenters. The Morgan fingerprint density at radius 2 is 1.89 bits per heavy atom. The smallest absolute Gasteiger partial charge is 0.312 e. The van der Waals surface area contributed by atoms with Gasteiger partial charge in [-0.05, 0) is 23.8 Å². The van der Waals surface area contributed by atoms with Crippen LogP contribution in [0.5, 0.6) is 5.75 Å². The highest BCUT2D eigenvalue weighted by Gasteiger charge is 2.28. The average Bonchev–Trinajstić information content (AvgIpc) is 2.39. The fourth-order valence-electron chi connectivity index (χ4n) is 2.31. The highest BCUT2D eigenvalue weighted by atomic mass is 79.9. The van der Waals surface area contributed by atoms with E-state index in [9.17, 15) is 4.79 Å². The molecule has 1 aliphatic heterocycles. The zero-order valence-electron chi connectivity index (χ0n) is 9.60. The topological polar surface area (TPSA) is 26.3 Å². The Labute approximate surface area is 114 Å². The van der Waals surface area contributed by atoms with Crippen molar-refractivity contribution in [1.29, 1.82) is 0 Å². The average molecular weight is 303 g/mol. The number of halogens is 1. The van der Waals surface area contributed by atoms with Gasteiger partial charge in [0.15, 0.2) is 0 Å². The van der Waals surface area contributed by atoms with Crippen LogP contribution in [0.15, 0.2) is 53.0 Å². The van der Waals surface area contributed by atoms with Crippen molar-refractivity contribution in [2.45, 2.75) is 12.3 Å². The van der Waals surface area contributed by atoms with Gasteiger partial charge in [-0.3, -0.25) is 4.79 Å². The van der Waals surface area contributed by atoms with E-state index < -0.39 is 0 Å². The lowest BCUT2D eigenvalue weighted by Crippen LogP contribution is -2.20. The molecule has 2 nitrogen and oxygen atoms in total. The summed E-state index contributed by atoms with van der Waals surface area (Å²) in [6, 6.07) is 15.8. The van der Waals surface area contributed by atoms with E-state index in [0.29, 0.717) is 12.2 Å². The second-order valence-corrected chi connectivity index (χ2v) is 5.24. The second-order valence-electron chi connectivity index (χ2n) is 4.32. The third kappa shape index (κ3) is 2.06. The first-order valence-electron chi connectivity index (χ1n) is 5.79. The van der Waals surface area contributed by atoms with Crippen LogP contribution in [0, 0.1) is 0 Å². The van der Waals surface area contributed by atoms with E-state index in [0.717, 1.165) is 15.6 Å². The minimum absolute atomic E-state index is 0.0833. The zero-order chi connectivity index (χ0) is 12.5. The monoisotopic (exact) mass is 302 g/mol. The van der Waals surface area contributed by atoms with Crippen LogP contribution in [0.4, 0.5) is 0 Å². The molecule has 18 heavy (non-hydrogen) atoms. The van der Waals surface area contributed by atoms with Gasteiger partial charge in [0.25, 0.3) is 0 Å². The van der Waals surface area contributed by atoms with E-state index in [1.165, 1.54) is 0 Å². The summed E-state index contributed by atoms with van der Waals surface area (Å²) in [6.45, 7) is 0. The molecule has 1 aliphatic rings. The Morgan fingerprint density at radius 1 is 1.11 bits per heavy atom. The number of carbonyl (C=O) groups excluding carboxylic acids is 1. The van der Waals surface area contributed by atoms with Crippen LogP contribution in [0.2, 0.25) is 0 Å². The fraction of sp³-hybridized carbons (Fsp3) is 0.133. The lowest BCUT2D eigenvalue weighted by molar-refractivity contribution is -0.135. The molecule has 0 spiro atoms. The summed E-state index contributed by atoms with van der Waals surface area (Å²) in [7, 11) is 0. The number of ether oxygens (including phenoxy) is 1. The molecule has 3 rings (SSSR count). The summed E-state index contributed by atoms with van der Waals surface area (Å²) >= 11 is 3.47. The van der Waals surface area contributed by atoms with Gasteiger partial charge in [-0.2, -0.15) is 0 Å². The van der Waals surface area contributed by atoms with Gasteiger partial charge >= 0.3 is 5.97 Å². The molecule has 0 unspecified atom stereocenters. The maximum atomic E-state index is 11.7. The quantitative estimate of drug-likeness (QED) is 0.590. The molecule has 0 saturated heterocycles. The van der Waals surface area contributed by atoms with Crippen molar-refractivity contribution in [1.82, 2.24) is 0 Å². The second kappa shape index (κ2) is 4.58. The molecule has 0 amide bonds. The van der Waals surface area contributed by atoms with Gasteiger partial charge in [-0.1, -0.05) is 46.3 Å². The standard InChI is InChI=1S/C15H11BrO2/c16-11-6-7-14-13(8-11)12(9-15(17)18-14)10-4-2-1-3-5-10/h1-8,12H,9H2/t12-/m1/s1. The number of hydrogen-bond acceptors (Lipinski definition) is 2. The highest BCUT2D eigenvalue weighted by molar-refractivity contribution is 9.10. The first-order chi connectivity index (χ1) is 8.74. The van der Waals surface area contributed by atoms with Crippen molar-refractivity contribution in [3.05, 3.63) is 64.1 Å². The van der Waals surface area contributed by atoms with Crippen LogP contribution in [0.3, 0.4) is 0 Å². The zero-order valence-corrected chi connectivity index (χ0v) is 11.2. The SMILES string of the molecule is O=C1C[C@H](c2ccccc2)c2cc(Br)ccc2O1. The normalized spacial score (nSPS) is 18.1. The predicted molar refractivity (Wildman–Crippen MR) is 72.7 cm³/mol. The summed E-state index contributed by atoms with van der Waals surface area (Å²) in [5.74, 6) is 0.585. The van der Waals surface area contributed by atoms with Gasteiger partial charge < -0.3 is 4.74 Å². The highest BCUT2D eigenvalue weighted by Crippen LogP contribution is 2.39. The van der Waals surface area contributed by atoms with Crippen molar-refractivity contribution >= 4 is 21.9 Å². The van der Waals surface area contributed by atoms with Crippen LogP contribution in [0.1, 0.15) is 23.5 Å². The molecule has 0 radical (unpaired) electrons. The van der Waals surface area contributed by atoms with Crippen molar-refractivity contribution in [2.75, 3.05) is 0 Å². The van der Waals surface area contributed by atoms with Crippen molar-refractivity contribution < 1.29 is 9.53 Å². The molecule has 2 aromatic rings. The number of carbonyl (C=O) groups is 1. The van der Waals surface area contributed by atoms with Crippen molar-refractivity contribution in [3.63, 3.8) is 0 Å². The van der Waals surface area contributed by atoms with E-state index in [2.05, 4.69) is 15.9 Å². The fourth-order valence-corrected chi connectivity index (χ4v) is 2.69. The minimum Gasteiger partial charge on any atom is -0.426 e. The third-order valence-electron chi connectivity index (χ3n) is 3.14. The summed E-state index contributed by atoms with van der Waals surface area (Å²) in [4.78, 5) is 11.7. The van der Waals surface area contributed by atoms with Gasteiger partial charge in [-0.25, -0.2) is 0 Å². The van der Waals surface area contributed by atoms with Gasteiger partial charge in [-0.15, -0.1) is 0 Å². The predicted octanol–water partition coefficient (Wildman–Crippen LogP) is 3.89. The van der Waals surface area contributed by atoms with E-state index >= 15 is 0 Å². The summed E-state index contributed by atoms with van der Waals surface area (Å²) in [5.41, 5.74) is 2.21. The summed E-state index contributed by atoms with van der Waals surface area (Å²) < 4.78 is 6.28. The van der Waals surface area contributed by atoms with Crippen LogP contribution >= 0.6 is 15.9 Å².